The van der Waals surface area contributed by atoms with Crippen LogP contribution in [0.2, 0.25) is 0 Å². The zero-order chi connectivity index (χ0) is 22.5. The van der Waals surface area contributed by atoms with Gasteiger partial charge >= 0.3 is 6.03 Å². The fourth-order valence-electron chi connectivity index (χ4n) is 3.58. The third kappa shape index (κ3) is 4.84. The van der Waals surface area contributed by atoms with Crippen molar-refractivity contribution in [1.82, 2.24) is 9.88 Å². The molecule has 0 aliphatic heterocycles. The van der Waals surface area contributed by atoms with E-state index in [1.807, 2.05) is 47.8 Å². The fraction of sp³-hybridized carbons (Fsp3) is 0.200. The van der Waals surface area contributed by atoms with Gasteiger partial charge in [0.15, 0.2) is 0 Å². The van der Waals surface area contributed by atoms with Crippen LogP contribution in [0.15, 0.2) is 70.8 Å². The summed E-state index contributed by atoms with van der Waals surface area (Å²) in [5, 5.41) is 5.85. The summed E-state index contributed by atoms with van der Waals surface area (Å²) in [5.74, 6) is 0.576. The molecule has 0 atom stereocenters. The summed E-state index contributed by atoms with van der Waals surface area (Å²) in [6, 6.07) is 18.8. The number of carbonyl (C=O) groups excluding carboxylic acids is 1. The molecule has 2 aromatic heterocycles. The van der Waals surface area contributed by atoms with Crippen LogP contribution in [0.4, 0.5) is 10.5 Å². The molecule has 0 saturated carbocycles. The average molecular weight is 448 g/mol. The molecule has 2 aromatic carbocycles. The van der Waals surface area contributed by atoms with Crippen molar-refractivity contribution in [2.75, 3.05) is 12.4 Å². The number of thiophene rings is 1. The number of rotatable bonds is 7. The molecule has 164 valence electrons. The van der Waals surface area contributed by atoms with E-state index in [9.17, 15) is 9.59 Å². The van der Waals surface area contributed by atoms with Gasteiger partial charge in [-0.25, -0.2) is 4.79 Å². The van der Waals surface area contributed by atoms with Crippen LogP contribution in [0.3, 0.4) is 0 Å². The summed E-state index contributed by atoms with van der Waals surface area (Å²) < 4.78 is 5.35. The van der Waals surface area contributed by atoms with Gasteiger partial charge in [0.25, 0.3) is 5.56 Å². The minimum Gasteiger partial charge on any atom is -0.495 e. The molecule has 0 spiro atoms. The Balaban J connectivity index is 1.65. The molecule has 0 aliphatic rings. The van der Waals surface area contributed by atoms with Gasteiger partial charge in [0.05, 0.1) is 25.9 Å². The van der Waals surface area contributed by atoms with E-state index in [-0.39, 0.29) is 18.1 Å². The fourth-order valence-corrected chi connectivity index (χ4v) is 4.30. The van der Waals surface area contributed by atoms with Crippen molar-refractivity contribution in [3.63, 3.8) is 0 Å². The molecule has 0 saturated heterocycles. The first-order valence-electron chi connectivity index (χ1n) is 10.4. The minimum atomic E-state index is -0.301. The second-order valence-electron chi connectivity index (χ2n) is 7.46. The average Bonchev–Trinajstić information content (AvgIpc) is 3.32. The smallest absolute Gasteiger partial charge is 0.322 e. The maximum Gasteiger partial charge on any atom is 0.322 e. The maximum absolute atomic E-state index is 13.2. The number of anilines is 1. The Labute approximate surface area is 190 Å². The quantitative estimate of drug-likeness (QED) is 0.399. The van der Waals surface area contributed by atoms with Crippen molar-refractivity contribution in [3.05, 3.63) is 92.4 Å². The Kier molecular flexibility index (Phi) is 6.56. The molecule has 2 N–H and O–H groups in total. The van der Waals surface area contributed by atoms with E-state index in [4.69, 9.17) is 4.74 Å². The second-order valence-corrected chi connectivity index (χ2v) is 8.50. The first-order chi connectivity index (χ1) is 15.6. The first-order valence-corrected chi connectivity index (χ1v) is 11.3. The van der Waals surface area contributed by atoms with E-state index < -0.39 is 0 Å². The highest BCUT2D eigenvalue weighted by atomic mass is 32.1. The number of carbonyl (C=O) groups is 1. The molecule has 0 fully saturated rings. The summed E-state index contributed by atoms with van der Waals surface area (Å²) in [7, 11) is 1.56. The van der Waals surface area contributed by atoms with E-state index in [0.717, 1.165) is 22.2 Å². The van der Waals surface area contributed by atoms with E-state index in [2.05, 4.69) is 23.3 Å². The zero-order valence-corrected chi connectivity index (χ0v) is 18.9. The van der Waals surface area contributed by atoms with Gasteiger partial charge in [0.1, 0.15) is 5.75 Å². The highest BCUT2D eigenvalue weighted by Gasteiger charge is 2.19. The minimum absolute atomic E-state index is 0.181. The molecule has 0 aliphatic carbocycles. The van der Waals surface area contributed by atoms with Crippen molar-refractivity contribution in [3.8, 4) is 5.75 Å². The zero-order valence-electron chi connectivity index (χ0n) is 18.1. The molecule has 2 heterocycles. The van der Waals surface area contributed by atoms with Gasteiger partial charge in [-0.2, -0.15) is 0 Å². The lowest BCUT2D eigenvalue weighted by Gasteiger charge is -2.23. The molecule has 0 unspecified atom stereocenters. The Morgan fingerprint density at radius 1 is 1.09 bits per heavy atom. The van der Waals surface area contributed by atoms with Crippen LogP contribution in [-0.4, -0.2) is 23.0 Å². The summed E-state index contributed by atoms with van der Waals surface area (Å²) in [6.07, 6.45) is 0.913. The second kappa shape index (κ2) is 9.70. The number of benzene rings is 2. The number of pyridine rings is 1. The number of urea groups is 1. The van der Waals surface area contributed by atoms with Crippen LogP contribution < -0.4 is 15.6 Å². The van der Waals surface area contributed by atoms with Crippen LogP contribution in [0, 0.1) is 0 Å². The van der Waals surface area contributed by atoms with Gasteiger partial charge in [0, 0.05) is 16.0 Å². The standard InChI is InChI=1S/C25H25N3O3S/c1-3-17-10-11-21-18(13-17)14-19(24(29)26-21)15-28(16-20-7-6-12-32-20)25(30)27-22-8-4-5-9-23(22)31-2/h4-14H,3,15-16H2,1-2H3,(H,26,29)(H,27,30). The number of aryl methyl sites for hydroxylation is 1. The number of aromatic nitrogens is 1. The number of fused-ring (bicyclic) bond motifs is 1. The van der Waals surface area contributed by atoms with Crippen molar-refractivity contribution < 1.29 is 9.53 Å². The molecule has 2 amide bonds. The van der Waals surface area contributed by atoms with Gasteiger partial charge in [-0.05, 0) is 59.1 Å². The lowest BCUT2D eigenvalue weighted by Crippen LogP contribution is -2.35. The van der Waals surface area contributed by atoms with Crippen molar-refractivity contribution in [1.29, 1.82) is 0 Å². The number of aromatic amines is 1. The lowest BCUT2D eigenvalue weighted by molar-refractivity contribution is 0.206. The van der Waals surface area contributed by atoms with Gasteiger partial charge in [-0.15, -0.1) is 11.3 Å². The Morgan fingerprint density at radius 3 is 2.69 bits per heavy atom. The number of ether oxygens (including phenoxy) is 1. The molecule has 0 radical (unpaired) electrons. The molecule has 6 nitrogen and oxygen atoms in total. The normalized spacial score (nSPS) is 10.8. The summed E-state index contributed by atoms with van der Waals surface area (Å²) in [6.45, 7) is 2.67. The number of hydrogen-bond donors (Lipinski definition) is 2. The van der Waals surface area contributed by atoms with E-state index >= 15 is 0 Å². The van der Waals surface area contributed by atoms with Crippen molar-refractivity contribution >= 4 is 34.0 Å². The van der Waals surface area contributed by atoms with Gasteiger partial charge in [-0.1, -0.05) is 31.2 Å². The van der Waals surface area contributed by atoms with Crippen LogP contribution in [-0.2, 0) is 19.5 Å². The third-order valence-electron chi connectivity index (χ3n) is 5.32. The molecule has 0 bridgehead atoms. The predicted octanol–water partition coefficient (Wildman–Crippen LogP) is 5.39. The number of para-hydroxylation sites is 2. The first kappa shape index (κ1) is 21.6. The Morgan fingerprint density at radius 2 is 1.94 bits per heavy atom. The number of methoxy groups -OCH3 is 1. The number of nitrogens with one attached hydrogen (secondary N) is 2. The van der Waals surface area contributed by atoms with E-state index in [1.165, 1.54) is 5.56 Å². The predicted molar refractivity (Wildman–Crippen MR) is 130 cm³/mol. The molecule has 7 heteroatoms. The highest BCUT2D eigenvalue weighted by molar-refractivity contribution is 7.09. The largest absolute Gasteiger partial charge is 0.495 e. The van der Waals surface area contributed by atoms with Gasteiger partial charge < -0.3 is 19.9 Å². The number of nitrogens with zero attached hydrogens (tertiary/aromatic N) is 1. The highest BCUT2D eigenvalue weighted by Crippen LogP contribution is 2.24. The maximum atomic E-state index is 13.2. The van der Waals surface area contributed by atoms with Crippen LogP contribution in [0.25, 0.3) is 10.9 Å². The SMILES string of the molecule is CCc1ccc2[nH]c(=O)c(CN(Cc3cccs3)C(=O)Nc3ccccc3OC)cc2c1. The summed E-state index contributed by atoms with van der Waals surface area (Å²) >= 11 is 1.57. The molecule has 32 heavy (non-hydrogen) atoms. The molecular formula is C25H25N3O3S. The lowest BCUT2D eigenvalue weighted by atomic mass is 10.1. The topological polar surface area (TPSA) is 74.4 Å². The molecule has 4 aromatic rings. The van der Waals surface area contributed by atoms with Gasteiger partial charge in [0.2, 0.25) is 0 Å². The van der Waals surface area contributed by atoms with Crippen LogP contribution in [0.5, 0.6) is 5.75 Å². The number of hydrogen-bond acceptors (Lipinski definition) is 4. The summed E-state index contributed by atoms with van der Waals surface area (Å²) in [5.41, 5.74) is 2.91. The van der Waals surface area contributed by atoms with E-state index in [0.29, 0.717) is 23.5 Å². The number of H-pyrrole nitrogens is 1. The molecular weight excluding hydrogens is 422 g/mol. The third-order valence-corrected chi connectivity index (χ3v) is 6.18. The van der Waals surface area contributed by atoms with Gasteiger partial charge in [-0.3, -0.25) is 4.79 Å². The van der Waals surface area contributed by atoms with E-state index in [1.54, 1.807) is 35.5 Å². The van der Waals surface area contributed by atoms with Crippen LogP contribution >= 0.6 is 11.3 Å². The monoisotopic (exact) mass is 447 g/mol. The Hall–Kier alpha value is -3.58. The number of amides is 2. The van der Waals surface area contributed by atoms with Crippen LogP contribution in [0.1, 0.15) is 22.9 Å². The Bertz CT molecular complexity index is 1280. The molecule has 4 rings (SSSR count). The summed E-state index contributed by atoms with van der Waals surface area (Å²) in [4.78, 5) is 31.6. The van der Waals surface area contributed by atoms with Crippen molar-refractivity contribution in [2.45, 2.75) is 26.4 Å². The van der Waals surface area contributed by atoms with Crippen molar-refractivity contribution in [2.24, 2.45) is 0 Å².